The number of hydrogen-bond acceptors (Lipinski definition) is 5. The average molecular weight is 308 g/mol. The van der Waals surface area contributed by atoms with Crippen LogP contribution in [0.3, 0.4) is 0 Å². The van der Waals surface area contributed by atoms with Gasteiger partial charge in [0.25, 0.3) is 0 Å². The van der Waals surface area contributed by atoms with E-state index in [1.54, 1.807) is 29.0 Å². The molecule has 1 aromatic carbocycles. The first-order valence-corrected chi connectivity index (χ1v) is 8.16. The summed E-state index contributed by atoms with van der Waals surface area (Å²) in [5, 5.41) is 22.3. The van der Waals surface area contributed by atoms with Gasteiger partial charge in [0, 0.05) is 6.54 Å². The molecule has 104 valence electrons. The molecule has 0 fully saturated rings. The van der Waals surface area contributed by atoms with Crippen LogP contribution in [-0.4, -0.2) is 20.1 Å². The van der Waals surface area contributed by atoms with Crippen LogP contribution in [-0.2, 0) is 10.0 Å². The summed E-state index contributed by atoms with van der Waals surface area (Å²) >= 11 is 1.42. The highest BCUT2D eigenvalue weighted by Gasteiger charge is 2.19. The monoisotopic (exact) mass is 308 g/mol. The van der Waals surface area contributed by atoms with E-state index in [1.807, 2.05) is 6.07 Å². The largest absolute Gasteiger partial charge is 0.387 e. The van der Waals surface area contributed by atoms with Crippen LogP contribution in [0.5, 0.6) is 0 Å². The van der Waals surface area contributed by atoms with Crippen molar-refractivity contribution in [1.29, 1.82) is 5.26 Å². The van der Waals surface area contributed by atoms with Gasteiger partial charge in [0.15, 0.2) is 0 Å². The van der Waals surface area contributed by atoms with Gasteiger partial charge in [-0.15, -0.1) is 0 Å². The van der Waals surface area contributed by atoms with Crippen LogP contribution in [0.1, 0.15) is 17.2 Å². The Labute approximate surface area is 121 Å². The molecule has 2 aromatic rings. The van der Waals surface area contributed by atoms with Crippen LogP contribution >= 0.6 is 11.3 Å². The number of nitrogens with zero attached hydrogens (tertiary/aromatic N) is 1. The molecule has 7 heteroatoms. The van der Waals surface area contributed by atoms with Crippen molar-refractivity contribution in [2.24, 2.45) is 0 Å². The number of benzene rings is 1. The topological polar surface area (TPSA) is 90.2 Å². The van der Waals surface area contributed by atoms with Crippen LogP contribution in [0.15, 0.2) is 46.0 Å². The zero-order valence-electron chi connectivity index (χ0n) is 10.4. The number of nitriles is 1. The van der Waals surface area contributed by atoms with Gasteiger partial charge in [-0.3, -0.25) is 0 Å². The lowest BCUT2D eigenvalue weighted by atomic mass is 10.2. The second-order valence-corrected chi connectivity index (χ2v) is 6.55. The standard InChI is InChI=1S/C13H12N2O3S2/c14-7-10-3-1-2-4-13(10)20(17,18)15-8-12(16)11-5-6-19-9-11/h1-6,9,12,15-16H,8H2. The normalized spacial score (nSPS) is 12.8. The Morgan fingerprint density at radius 1 is 1.35 bits per heavy atom. The molecule has 1 heterocycles. The summed E-state index contributed by atoms with van der Waals surface area (Å²) in [5.41, 5.74) is 0.733. The zero-order valence-corrected chi connectivity index (χ0v) is 12.0. The number of thiophene rings is 1. The minimum absolute atomic E-state index is 0.0741. The molecule has 0 aliphatic carbocycles. The molecule has 1 unspecified atom stereocenters. The van der Waals surface area contributed by atoms with E-state index in [4.69, 9.17) is 5.26 Å². The van der Waals surface area contributed by atoms with Crippen molar-refractivity contribution in [1.82, 2.24) is 4.72 Å². The third-order valence-corrected chi connectivity index (χ3v) is 4.87. The minimum Gasteiger partial charge on any atom is -0.387 e. The number of rotatable bonds is 5. The third kappa shape index (κ3) is 3.23. The molecule has 0 saturated carbocycles. The van der Waals surface area contributed by atoms with Crippen molar-refractivity contribution in [3.05, 3.63) is 52.2 Å². The molecule has 2 N–H and O–H groups in total. The zero-order chi connectivity index (χ0) is 14.6. The molecule has 5 nitrogen and oxygen atoms in total. The highest BCUT2D eigenvalue weighted by atomic mass is 32.2. The lowest BCUT2D eigenvalue weighted by molar-refractivity contribution is 0.182. The summed E-state index contributed by atoms with van der Waals surface area (Å²) < 4.78 is 26.5. The van der Waals surface area contributed by atoms with Crippen LogP contribution in [0.4, 0.5) is 0 Å². The third-order valence-electron chi connectivity index (χ3n) is 2.69. The van der Waals surface area contributed by atoms with Crippen LogP contribution in [0.2, 0.25) is 0 Å². The van der Waals surface area contributed by atoms with Crippen molar-refractivity contribution in [3.63, 3.8) is 0 Å². The number of sulfonamides is 1. The maximum Gasteiger partial charge on any atom is 0.241 e. The lowest BCUT2D eigenvalue weighted by Gasteiger charge is -2.11. The Kier molecular flexibility index (Phi) is 4.52. The number of hydrogen-bond donors (Lipinski definition) is 2. The second kappa shape index (κ2) is 6.15. The van der Waals surface area contributed by atoms with Gasteiger partial charge in [0.1, 0.15) is 6.07 Å². The molecule has 0 aliphatic heterocycles. The van der Waals surface area contributed by atoms with Gasteiger partial charge in [0.2, 0.25) is 10.0 Å². The van der Waals surface area contributed by atoms with Gasteiger partial charge >= 0.3 is 0 Å². The molecule has 0 amide bonds. The molecule has 0 radical (unpaired) electrons. The van der Waals surface area contributed by atoms with Gasteiger partial charge in [-0.1, -0.05) is 12.1 Å². The maximum atomic E-state index is 12.1. The summed E-state index contributed by atoms with van der Waals surface area (Å²) in [6, 6.07) is 9.50. The molecule has 0 spiro atoms. The molecular weight excluding hydrogens is 296 g/mol. The lowest BCUT2D eigenvalue weighted by Crippen LogP contribution is -2.29. The van der Waals surface area contributed by atoms with E-state index >= 15 is 0 Å². The quantitative estimate of drug-likeness (QED) is 0.878. The Morgan fingerprint density at radius 2 is 2.10 bits per heavy atom. The van der Waals surface area contributed by atoms with E-state index in [0.717, 1.165) is 0 Å². The molecular formula is C13H12N2O3S2. The maximum absolute atomic E-state index is 12.1. The SMILES string of the molecule is N#Cc1ccccc1S(=O)(=O)NCC(O)c1ccsc1. The van der Waals surface area contributed by atoms with Crippen molar-refractivity contribution >= 4 is 21.4 Å². The second-order valence-electron chi connectivity index (χ2n) is 4.03. The number of aliphatic hydroxyl groups is 1. The summed E-state index contributed by atoms with van der Waals surface area (Å²) in [6.07, 6.45) is -0.912. The summed E-state index contributed by atoms with van der Waals surface area (Å²) in [6.45, 7) is -0.140. The summed E-state index contributed by atoms with van der Waals surface area (Å²) in [5.74, 6) is 0. The predicted molar refractivity (Wildman–Crippen MR) is 75.6 cm³/mol. The van der Waals surface area contributed by atoms with Crippen LogP contribution < -0.4 is 4.72 Å². The fourth-order valence-corrected chi connectivity index (χ4v) is 3.54. The van der Waals surface area contributed by atoms with Crippen molar-refractivity contribution in [3.8, 4) is 6.07 Å². The molecule has 2 rings (SSSR count). The Bertz CT molecular complexity index is 718. The first kappa shape index (κ1) is 14.7. The van der Waals surface area contributed by atoms with E-state index < -0.39 is 16.1 Å². The molecule has 1 aromatic heterocycles. The molecule has 0 aliphatic rings. The molecule has 0 bridgehead atoms. The highest BCUT2D eigenvalue weighted by Crippen LogP contribution is 2.18. The van der Waals surface area contributed by atoms with Crippen molar-refractivity contribution < 1.29 is 13.5 Å². The van der Waals surface area contributed by atoms with E-state index in [1.165, 1.54) is 23.5 Å². The highest BCUT2D eigenvalue weighted by molar-refractivity contribution is 7.89. The van der Waals surface area contributed by atoms with E-state index in [9.17, 15) is 13.5 Å². The fraction of sp³-hybridized carbons (Fsp3) is 0.154. The smallest absolute Gasteiger partial charge is 0.241 e. The Balaban J connectivity index is 2.14. The van der Waals surface area contributed by atoms with E-state index in [0.29, 0.717) is 5.56 Å². The minimum atomic E-state index is -3.82. The Hall–Kier alpha value is -1.72. The average Bonchev–Trinajstić information content (AvgIpc) is 2.99. The molecule has 0 saturated heterocycles. The summed E-state index contributed by atoms with van der Waals surface area (Å²) in [4.78, 5) is -0.0833. The molecule has 1 atom stereocenters. The van der Waals surface area contributed by atoms with Gasteiger partial charge in [-0.25, -0.2) is 13.1 Å². The van der Waals surface area contributed by atoms with Gasteiger partial charge in [-0.2, -0.15) is 16.6 Å². The van der Waals surface area contributed by atoms with Crippen LogP contribution in [0, 0.1) is 11.3 Å². The predicted octanol–water partition coefficient (Wildman–Crippen LogP) is 1.63. The number of aliphatic hydroxyl groups excluding tert-OH is 1. The van der Waals surface area contributed by atoms with Gasteiger partial charge in [0.05, 0.1) is 16.6 Å². The summed E-state index contributed by atoms with van der Waals surface area (Å²) in [7, 11) is -3.82. The van der Waals surface area contributed by atoms with Crippen molar-refractivity contribution in [2.45, 2.75) is 11.0 Å². The first-order valence-electron chi connectivity index (χ1n) is 5.73. The van der Waals surface area contributed by atoms with E-state index in [-0.39, 0.29) is 17.0 Å². The number of nitrogens with one attached hydrogen (secondary N) is 1. The van der Waals surface area contributed by atoms with Gasteiger partial charge < -0.3 is 5.11 Å². The molecule has 20 heavy (non-hydrogen) atoms. The fourth-order valence-electron chi connectivity index (χ4n) is 1.64. The Morgan fingerprint density at radius 3 is 2.75 bits per heavy atom. The first-order chi connectivity index (χ1) is 9.54. The van der Waals surface area contributed by atoms with Crippen LogP contribution in [0.25, 0.3) is 0 Å². The van der Waals surface area contributed by atoms with Crippen molar-refractivity contribution in [2.75, 3.05) is 6.54 Å². The van der Waals surface area contributed by atoms with Gasteiger partial charge in [-0.05, 0) is 34.5 Å². The van der Waals surface area contributed by atoms with E-state index in [2.05, 4.69) is 4.72 Å².